The molecule has 0 spiro atoms. The van der Waals surface area contributed by atoms with Crippen LogP contribution in [0.5, 0.6) is 0 Å². The van der Waals surface area contributed by atoms with Crippen molar-refractivity contribution < 1.29 is 9.90 Å². The fraction of sp³-hybridized carbons (Fsp3) is 0.462. The quantitative estimate of drug-likeness (QED) is 0.775. The first-order chi connectivity index (χ1) is 8.58. The molecule has 1 aliphatic rings. The first kappa shape index (κ1) is 16.4. The van der Waals surface area contributed by atoms with Crippen LogP contribution in [-0.4, -0.2) is 36.8 Å². The second kappa shape index (κ2) is 7.24. The number of carbonyl (C=O) groups is 1. The van der Waals surface area contributed by atoms with E-state index < -0.39 is 0 Å². The van der Waals surface area contributed by atoms with Crippen LogP contribution in [-0.2, 0) is 0 Å². The Bertz CT molecular complexity index is 456. The fourth-order valence-electron chi connectivity index (χ4n) is 2.13. The summed E-state index contributed by atoms with van der Waals surface area (Å²) >= 11 is 3.37. The molecule has 19 heavy (non-hydrogen) atoms. The lowest BCUT2D eigenvalue weighted by Gasteiger charge is -2.14. The molecule has 6 heteroatoms. The van der Waals surface area contributed by atoms with Crippen LogP contribution in [0.15, 0.2) is 22.7 Å². The Labute approximate surface area is 127 Å². The van der Waals surface area contributed by atoms with E-state index in [1.807, 2.05) is 19.1 Å². The first-order valence-corrected chi connectivity index (χ1v) is 6.80. The van der Waals surface area contributed by atoms with Gasteiger partial charge in [0.05, 0.1) is 6.10 Å². The highest BCUT2D eigenvalue weighted by atomic mass is 79.9. The van der Waals surface area contributed by atoms with E-state index in [4.69, 9.17) is 0 Å². The van der Waals surface area contributed by atoms with Crippen molar-refractivity contribution in [3.8, 4) is 0 Å². The van der Waals surface area contributed by atoms with Crippen molar-refractivity contribution in [2.75, 3.05) is 19.6 Å². The van der Waals surface area contributed by atoms with E-state index in [0.717, 1.165) is 16.6 Å². The molecule has 1 fully saturated rings. The first-order valence-electron chi connectivity index (χ1n) is 6.01. The molecule has 0 aromatic heterocycles. The smallest absolute Gasteiger partial charge is 0.251 e. The Kier molecular flexibility index (Phi) is 6.26. The lowest BCUT2D eigenvalue weighted by atomic mass is 10.1. The van der Waals surface area contributed by atoms with Gasteiger partial charge in [0, 0.05) is 35.6 Å². The van der Waals surface area contributed by atoms with Gasteiger partial charge >= 0.3 is 0 Å². The zero-order valence-corrected chi connectivity index (χ0v) is 13.1. The maximum absolute atomic E-state index is 12.0. The molecule has 0 radical (unpaired) electrons. The predicted octanol–water partition coefficient (Wildman–Crippen LogP) is 1.49. The lowest BCUT2D eigenvalue weighted by molar-refractivity contribution is 0.0926. The Hall–Kier alpha value is -0.620. The van der Waals surface area contributed by atoms with Gasteiger partial charge in [-0.05, 0) is 30.7 Å². The minimum atomic E-state index is -0.365. The highest BCUT2D eigenvalue weighted by Crippen LogP contribution is 2.16. The van der Waals surface area contributed by atoms with E-state index in [0.29, 0.717) is 18.7 Å². The fourth-order valence-corrected chi connectivity index (χ4v) is 2.60. The van der Waals surface area contributed by atoms with Crippen molar-refractivity contribution in [2.45, 2.75) is 13.0 Å². The number of aliphatic hydroxyl groups is 1. The monoisotopic (exact) mass is 348 g/mol. The average molecular weight is 350 g/mol. The van der Waals surface area contributed by atoms with Gasteiger partial charge in [-0.25, -0.2) is 0 Å². The summed E-state index contributed by atoms with van der Waals surface area (Å²) in [4.78, 5) is 12.0. The molecule has 0 aliphatic carbocycles. The van der Waals surface area contributed by atoms with Crippen LogP contribution in [0.25, 0.3) is 0 Å². The van der Waals surface area contributed by atoms with Crippen LogP contribution in [0, 0.1) is 12.8 Å². The number of rotatable bonds is 3. The van der Waals surface area contributed by atoms with Crippen molar-refractivity contribution >= 4 is 34.2 Å². The summed E-state index contributed by atoms with van der Waals surface area (Å²) in [6.07, 6.45) is -0.365. The molecule has 4 nitrogen and oxygen atoms in total. The number of β-amino-alcohol motifs (C(OH)–C–C–N with tert-alkyl or cyclic N) is 1. The Morgan fingerprint density at radius 2 is 2.26 bits per heavy atom. The van der Waals surface area contributed by atoms with Crippen LogP contribution in [0.2, 0.25) is 0 Å². The van der Waals surface area contributed by atoms with Crippen molar-refractivity contribution in [2.24, 2.45) is 5.92 Å². The molecule has 1 saturated heterocycles. The number of aryl methyl sites for hydroxylation is 1. The number of amides is 1. The summed E-state index contributed by atoms with van der Waals surface area (Å²) < 4.78 is 0.965. The van der Waals surface area contributed by atoms with Gasteiger partial charge in [0.2, 0.25) is 0 Å². The van der Waals surface area contributed by atoms with Gasteiger partial charge in [-0.1, -0.05) is 15.9 Å². The van der Waals surface area contributed by atoms with Crippen LogP contribution < -0.4 is 10.6 Å². The zero-order chi connectivity index (χ0) is 13.1. The molecular weight excluding hydrogens is 332 g/mol. The van der Waals surface area contributed by atoms with E-state index in [2.05, 4.69) is 26.6 Å². The van der Waals surface area contributed by atoms with Crippen molar-refractivity contribution in [1.82, 2.24) is 10.6 Å². The summed E-state index contributed by atoms with van der Waals surface area (Å²) in [6, 6.07) is 5.58. The van der Waals surface area contributed by atoms with Crippen molar-refractivity contribution in [1.29, 1.82) is 0 Å². The summed E-state index contributed by atoms with van der Waals surface area (Å²) in [5, 5.41) is 15.6. The summed E-state index contributed by atoms with van der Waals surface area (Å²) in [6.45, 7) is 3.77. The van der Waals surface area contributed by atoms with Crippen LogP contribution >= 0.6 is 28.3 Å². The van der Waals surface area contributed by atoms with Gasteiger partial charge in [0.1, 0.15) is 0 Å². The van der Waals surface area contributed by atoms with Gasteiger partial charge < -0.3 is 15.7 Å². The van der Waals surface area contributed by atoms with Gasteiger partial charge in [-0.3, -0.25) is 4.79 Å². The topological polar surface area (TPSA) is 61.4 Å². The van der Waals surface area contributed by atoms with E-state index >= 15 is 0 Å². The average Bonchev–Trinajstić information content (AvgIpc) is 2.72. The van der Waals surface area contributed by atoms with E-state index in [1.54, 1.807) is 6.07 Å². The highest BCUT2D eigenvalue weighted by molar-refractivity contribution is 9.10. The van der Waals surface area contributed by atoms with E-state index in [9.17, 15) is 9.90 Å². The molecule has 106 valence electrons. The highest BCUT2D eigenvalue weighted by Gasteiger charge is 2.25. The number of aliphatic hydroxyl groups excluding tert-OH is 1. The van der Waals surface area contributed by atoms with Gasteiger partial charge in [0.15, 0.2) is 0 Å². The molecule has 1 aromatic carbocycles. The predicted molar refractivity (Wildman–Crippen MR) is 80.8 cm³/mol. The van der Waals surface area contributed by atoms with E-state index in [1.165, 1.54) is 0 Å². The standard InChI is InChI=1S/C13H17BrN2O2.ClH/c1-8-4-10(14)2-3-11(8)13(18)16-6-9-5-15-7-12(9)17;/h2-4,9,12,15,17H,5-7H2,1H3,(H,16,18);1H. The molecule has 0 saturated carbocycles. The number of hydrogen-bond donors (Lipinski definition) is 3. The van der Waals surface area contributed by atoms with Gasteiger partial charge in [-0.2, -0.15) is 0 Å². The third kappa shape index (κ3) is 4.18. The Balaban J connectivity index is 0.00000180. The summed E-state index contributed by atoms with van der Waals surface area (Å²) in [5.41, 5.74) is 1.62. The lowest BCUT2D eigenvalue weighted by Crippen LogP contribution is -2.34. The molecular formula is C13H18BrClN2O2. The third-order valence-corrected chi connectivity index (χ3v) is 3.76. The summed E-state index contributed by atoms with van der Waals surface area (Å²) in [7, 11) is 0. The number of hydrogen-bond acceptors (Lipinski definition) is 3. The molecule has 2 rings (SSSR count). The number of carbonyl (C=O) groups excluding carboxylic acids is 1. The second-order valence-corrected chi connectivity index (χ2v) is 5.57. The van der Waals surface area contributed by atoms with Gasteiger partial charge in [0.25, 0.3) is 5.91 Å². The Morgan fingerprint density at radius 3 is 2.84 bits per heavy atom. The molecule has 2 atom stereocenters. The second-order valence-electron chi connectivity index (χ2n) is 4.65. The van der Waals surface area contributed by atoms with E-state index in [-0.39, 0.29) is 30.3 Å². The summed E-state index contributed by atoms with van der Waals surface area (Å²) in [5.74, 6) is 0.0174. The largest absolute Gasteiger partial charge is 0.391 e. The molecule has 1 aliphatic heterocycles. The molecule has 2 unspecified atom stereocenters. The zero-order valence-electron chi connectivity index (χ0n) is 10.6. The molecule has 1 heterocycles. The maximum atomic E-state index is 12.0. The Morgan fingerprint density at radius 1 is 1.53 bits per heavy atom. The van der Waals surface area contributed by atoms with Crippen molar-refractivity contribution in [3.63, 3.8) is 0 Å². The van der Waals surface area contributed by atoms with Crippen LogP contribution in [0.1, 0.15) is 15.9 Å². The minimum absolute atomic E-state index is 0. The molecule has 0 bridgehead atoms. The number of benzene rings is 1. The SMILES string of the molecule is Cc1cc(Br)ccc1C(=O)NCC1CNCC1O.Cl. The van der Waals surface area contributed by atoms with Crippen LogP contribution in [0.4, 0.5) is 0 Å². The van der Waals surface area contributed by atoms with Crippen LogP contribution in [0.3, 0.4) is 0 Å². The van der Waals surface area contributed by atoms with Crippen molar-refractivity contribution in [3.05, 3.63) is 33.8 Å². The number of nitrogens with one attached hydrogen (secondary N) is 2. The van der Waals surface area contributed by atoms with Gasteiger partial charge in [-0.15, -0.1) is 12.4 Å². The molecule has 1 aromatic rings. The maximum Gasteiger partial charge on any atom is 0.251 e. The number of halogens is 2. The normalized spacial score (nSPS) is 21.8. The third-order valence-electron chi connectivity index (χ3n) is 3.26. The minimum Gasteiger partial charge on any atom is -0.391 e. The molecule has 3 N–H and O–H groups in total. The molecule has 1 amide bonds.